The van der Waals surface area contributed by atoms with Gasteiger partial charge in [0.1, 0.15) is 0 Å². The Morgan fingerprint density at radius 3 is 2.56 bits per heavy atom. The molecule has 1 fully saturated rings. The molecule has 0 saturated carbocycles. The number of aryl methyl sites for hydroxylation is 1. The van der Waals surface area contributed by atoms with Gasteiger partial charge in [-0.25, -0.2) is 9.97 Å². The second-order valence-corrected chi connectivity index (χ2v) is 8.45. The first-order chi connectivity index (χ1) is 15.5. The molecule has 4 heterocycles. The first-order valence-corrected chi connectivity index (χ1v) is 10.9. The molecule has 0 radical (unpaired) electrons. The van der Waals surface area contributed by atoms with Crippen molar-refractivity contribution in [3.8, 4) is 0 Å². The average molecular weight is 428 g/mol. The fraction of sp³-hybridized carbons (Fsp3) is 0.280. The molecule has 32 heavy (non-hydrogen) atoms. The number of rotatable bonds is 4. The lowest BCUT2D eigenvalue weighted by Gasteiger charge is -2.32. The molecule has 2 aliphatic heterocycles. The molecule has 2 aromatic heterocycles. The summed E-state index contributed by atoms with van der Waals surface area (Å²) in [5, 5.41) is 2.97. The highest BCUT2D eigenvalue weighted by Crippen LogP contribution is 2.38. The van der Waals surface area contributed by atoms with E-state index < -0.39 is 0 Å². The van der Waals surface area contributed by atoms with E-state index in [4.69, 9.17) is 0 Å². The molecule has 0 unspecified atom stereocenters. The van der Waals surface area contributed by atoms with Gasteiger partial charge in [-0.2, -0.15) is 0 Å². The number of fused-ring (bicyclic) bond motifs is 1. The van der Waals surface area contributed by atoms with Gasteiger partial charge in [-0.05, 0) is 68.0 Å². The smallest absolute Gasteiger partial charge is 0.256 e. The van der Waals surface area contributed by atoms with E-state index >= 15 is 0 Å². The van der Waals surface area contributed by atoms with Gasteiger partial charge >= 0.3 is 0 Å². The largest absolute Gasteiger partial charge is 0.358 e. The van der Waals surface area contributed by atoms with Gasteiger partial charge in [0.05, 0.1) is 5.57 Å². The third-order valence-corrected chi connectivity index (χ3v) is 6.57. The number of anilines is 2. The highest BCUT2D eigenvalue weighted by molar-refractivity contribution is 6.35. The predicted octanol–water partition coefficient (Wildman–Crippen LogP) is 4.11. The number of piperidine rings is 1. The van der Waals surface area contributed by atoms with Crippen LogP contribution in [0.1, 0.15) is 57.2 Å². The van der Waals surface area contributed by atoms with E-state index in [9.17, 15) is 9.59 Å². The van der Waals surface area contributed by atoms with E-state index in [2.05, 4.69) is 37.3 Å². The molecule has 7 nitrogen and oxygen atoms in total. The lowest BCUT2D eigenvalue weighted by molar-refractivity contribution is -0.110. The van der Waals surface area contributed by atoms with Crippen LogP contribution < -0.4 is 10.2 Å². The zero-order valence-corrected chi connectivity index (χ0v) is 18.2. The minimum Gasteiger partial charge on any atom is -0.358 e. The van der Waals surface area contributed by atoms with Crippen molar-refractivity contribution in [2.45, 2.75) is 32.6 Å². The Labute approximate surface area is 186 Å². The molecular weight excluding hydrogens is 402 g/mol. The normalized spacial score (nSPS) is 17.5. The number of aldehydes is 1. The highest BCUT2D eigenvalue weighted by Gasteiger charge is 2.28. The maximum absolute atomic E-state index is 12.7. The average Bonchev–Trinajstić information content (AvgIpc) is 3.28. The number of benzene rings is 1. The molecule has 0 spiro atoms. The topological polar surface area (TPSA) is 91.0 Å². The summed E-state index contributed by atoms with van der Waals surface area (Å²) in [6, 6.07) is 8.09. The number of carbonyl (C=O) groups is 2. The van der Waals surface area contributed by atoms with E-state index in [1.54, 1.807) is 12.4 Å². The number of nitrogens with zero attached hydrogens (tertiary/aromatic N) is 3. The Morgan fingerprint density at radius 1 is 1.12 bits per heavy atom. The first kappa shape index (κ1) is 20.2. The standard InChI is InChI=1S/C25H25N5O2/c1-15-21(14-31)16(2)28-23(15)13-20-19-12-18(4-5-22(19)29-24(20)32)17-6-10-30(11-7-17)25-26-8-3-9-27-25/h3-5,8-9,12-14,17,28H,6-7,10-11H2,1-2H3,(H,29,32)/b20-13-. The number of hydrogen-bond acceptors (Lipinski definition) is 5. The third kappa shape index (κ3) is 3.49. The molecule has 0 aliphatic carbocycles. The number of H-pyrrole nitrogens is 1. The lowest BCUT2D eigenvalue weighted by Crippen LogP contribution is -2.34. The van der Waals surface area contributed by atoms with Crippen LogP contribution in [0.5, 0.6) is 0 Å². The second-order valence-electron chi connectivity index (χ2n) is 8.45. The summed E-state index contributed by atoms with van der Waals surface area (Å²) in [6.45, 7) is 5.57. The van der Waals surface area contributed by atoms with Crippen LogP contribution in [-0.2, 0) is 4.79 Å². The zero-order valence-electron chi connectivity index (χ0n) is 18.2. The van der Waals surface area contributed by atoms with E-state index in [1.165, 1.54) is 5.56 Å². The Morgan fingerprint density at radius 2 is 1.88 bits per heavy atom. The maximum Gasteiger partial charge on any atom is 0.256 e. The Balaban J connectivity index is 1.41. The molecule has 162 valence electrons. The molecule has 0 bridgehead atoms. The summed E-state index contributed by atoms with van der Waals surface area (Å²) in [6.07, 6.45) is 8.28. The molecule has 3 aromatic rings. The number of aromatic nitrogens is 3. The first-order valence-electron chi connectivity index (χ1n) is 10.9. The second kappa shape index (κ2) is 8.07. The number of nitrogens with one attached hydrogen (secondary N) is 2. The van der Waals surface area contributed by atoms with Gasteiger partial charge in [0.15, 0.2) is 6.29 Å². The van der Waals surface area contributed by atoms with Crippen LogP contribution in [0.15, 0.2) is 36.7 Å². The summed E-state index contributed by atoms with van der Waals surface area (Å²) in [7, 11) is 0. The van der Waals surface area contributed by atoms with Gasteiger partial charge in [0.2, 0.25) is 5.95 Å². The minimum atomic E-state index is -0.118. The van der Waals surface area contributed by atoms with E-state index in [1.807, 2.05) is 32.1 Å². The molecule has 2 N–H and O–H groups in total. The summed E-state index contributed by atoms with van der Waals surface area (Å²) in [4.78, 5) is 38.3. The number of carbonyl (C=O) groups excluding carboxylic acids is 2. The number of aromatic amines is 1. The molecular formula is C25H25N5O2. The van der Waals surface area contributed by atoms with Crippen LogP contribution in [-0.4, -0.2) is 40.2 Å². The molecule has 1 saturated heterocycles. The minimum absolute atomic E-state index is 0.118. The number of hydrogen-bond donors (Lipinski definition) is 2. The van der Waals surface area contributed by atoms with Crippen LogP contribution >= 0.6 is 0 Å². The fourth-order valence-corrected chi connectivity index (χ4v) is 4.73. The van der Waals surface area contributed by atoms with Crippen molar-refractivity contribution < 1.29 is 9.59 Å². The Bertz CT molecular complexity index is 1220. The maximum atomic E-state index is 12.7. The van der Waals surface area contributed by atoms with Crippen molar-refractivity contribution in [3.63, 3.8) is 0 Å². The molecule has 0 atom stereocenters. The van der Waals surface area contributed by atoms with Gasteiger partial charge < -0.3 is 15.2 Å². The van der Waals surface area contributed by atoms with Gasteiger partial charge in [0, 0.05) is 53.7 Å². The van der Waals surface area contributed by atoms with E-state index in [0.29, 0.717) is 17.1 Å². The molecule has 7 heteroatoms. The monoisotopic (exact) mass is 427 g/mol. The quantitative estimate of drug-likeness (QED) is 0.483. The fourth-order valence-electron chi connectivity index (χ4n) is 4.73. The summed E-state index contributed by atoms with van der Waals surface area (Å²) in [5.74, 6) is 1.09. The zero-order chi connectivity index (χ0) is 22.2. The van der Waals surface area contributed by atoms with Crippen molar-refractivity contribution in [3.05, 3.63) is 70.3 Å². The summed E-state index contributed by atoms with van der Waals surface area (Å²) in [5.41, 5.74) is 6.73. The van der Waals surface area contributed by atoms with Crippen LogP contribution in [0.2, 0.25) is 0 Å². The number of amides is 1. The van der Waals surface area contributed by atoms with Crippen LogP contribution in [0.25, 0.3) is 11.6 Å². The van der Waals surface area contributed by atoms with Crippen molar-refractivity contribution in [2.24, 2.45) is 0 Å². The molecule has 5 rings (SSSR count). The molecule has 2 aliphatic rings. The van der Waals surface area contributed by atoms with Crippen molar-refractivity contribution in [2.75, 3.05) is 23.3 Å². The van der Waals surface area contributed by atoms with Crippen LogP contribution in [0.4, 0.5) is 11.6 Å². The predicted molar refractivity (Wildman–Crippen MR) is 125 cm³/mol. The van der Waals surface area contributed by atoms with E-state index in [0.717, 1.165) is 66.4 Å². The van der Waals surface area contributed by atoms with Gasteiger partial charge in [-0.15, -0.1) is 0 Å². The third-order valence-electron chi connectivity index (χ3n) is 6.57. The van der Waals surface area contributed by atoms with Crippen LogP contribution in [0, 0.1) is 13.8 Å². The molecule has 1 aromatic carbocycles. The van der Waals surface area contributed by atoms with Crippen molar-refractivity contribution >= 4 is 35.5 Å². The van der Waals surface area contributed by atoms with Gasteiger partial charge in [-0.3, -0.25) is 9.59 Å². The molecule has 1 amide bonds. The van der Waals surface area contributed by atoms with Crippen molar-refractivity contribution in [1.29, 1.82) is 0 Å². The Hall–Kier alpha value is -3.74. The van der Waals surface area contributed by atoms with Crippen molar-refractivity contribution in [1.82, 2.24) is 15.0 Å². The SMILES string of the molecule is Cc1[nH]c(/C=C2\C(=O)Nc3ccc(C4CCN(c5ncccn5)CC4)cc32)c(C)c1C=O. The van der Waals surface area contributed by atoms with Gasteiger partial charge in [0.25, 0.3) is 5.91 Å². The van der Waals surface area contributed by atoms with E-state index in [-0.39, 0.29) is 5.91 Å². The lowest BCUT2D eigenvalue weighted by atomic mass is 9.87. The Kier molecular flexibility index (Phi) is 5.09. The van der Waals surface area contributed by atoms with Crippen LogP contribution in [0.3, 0.4) is 0 Å². The highest BCUT2D eigenvalue weighted by atomic mass is 16.2. The van der Waals surface area contributed by atoms with Gasteiger partial charge in [-0.1, -0.05) is 6.07 Å². The summed E-state index contributed by atoms with van der Waals surface area (Å²) < 4.78 is 0. The summed E-state index contributed by atoms with van der Waals surface area (Å²) >= 11 is 0.